The molecule has 0 saturated heterocycles. The Bertz CT molecular complexity index is 3360. The highest BCUT2D eigenvalue weighted by Crippen LogP contribution is 2.92. The minimum atomic E-state index is -0.644. The lowest BCUT2D eigenvalue weighted by atomic mass is 9.89. The number of thiophene rings is 2. The van der Waals surface area contributed by atoms with Gasteiger partial charge in [0.25, 0.3) is 11.8 Å². The molecule has 0 bridgehead atoms. The number of amides is 2. The van der Waals surface area contributed by atoms with E-state index in [0.29, 0.717) is 23.6 Å². The maximum atomic E-state index is 14.6. The van der Waals surface area contributed by atoms with Crippen LogP contribution in [-0.2, 0) is 17.8 Å². The maximum Gasteiger partial charge on any atom is 0.266 e. The fraction of sp³-hybridized carbons (Fsp3) is 0.365. The van der Waals surface area contributed by atoms with E-state index in [0.717, 1.165) is 153 Å². The number of nitrogens with zero attached hydrogens (tertiary/aromatic N) is 4. The summed E-state index contributed by atoms with van der Waals surface area (Å²) >= 11 is 14.9. The van der Waals surface area contributed by atoms with Crippen molar-refractivity contribution in [3.05, 3.63) is 164 Å². The van der Waals surface area contributed by atoms with Crippen molar-refractivity contribution in [2.45, 2.75) is 110 Å². The predicted molar refractivity (Wildman–Crippen MR) is 393 cm³/mol. The van der Waals surface area contributed by atoms with Gasteiger partial charge in [-0.2, -0.15) is 0 Å². The topological polar surface area (TPSA) is 118 Å². The van der Waals surface area contributed by atoms with Gasteiger partial charge in [0.05, 0.1) is 44.4 Å². The minimum Gasteiger partial charge on any atom is -0.496 e. The maximum absolute atomic E-state index is 14.6. The number of hydrogen-bond donors (Lipinski definition) is 2. The molecule has 4 aromatic heterocycles. The highest BCUT2D eigenvalue weighted by atomic mass is 35.5. The molecular weight excluding hydrogens is 1380 g/mol. The van der Waals surface area contributed by atoms with Gasteiger partial charge in [0.15, 0.2) is 0 Å². The van der Waals surface area contributed by atoms with Crippen LogP contribution in [0.2, 0.25) is 10.0 Å². The SMILES string of the molecule is C.CCOCC.CNC1CCC(N(Cc2cc(-c3ccncc3)ccc2OC)C(=O)c2sc3c(F)ccc(F)c3c2Cl)CC1.CNC1CCC(N(Cc2cc(-c3ccncc3)ccc2OC)C(=O)c2sc3c(F)ccc(F)c3c2Cl)CC1.Cl.PPP(P)P(P)P. The Morgan fingerprint density at radius 3 is 1.23 bits per heavy atom. The summed E-state index contributed by atoms with van der Waals surface area (Å²) in [5, 5.41) is 6.48. The molecule has 488 valence electrons. The molecule has 2 N–H and O–H groups in total. The van der Waals surface area contributed by atoms with E-state index in [4.69, 9.17) is 37.4 Å². The standard InChI is InChI=1S/2C29H28ClF2N3O2S.C4H10O.CH4.ClH.H9P7/c2*1-33-20-4-6-21(7-5-20)35(29(36)28-26(30)25-22(31)8-9-23(32)27(25)38-28)16-19-15-18(3-10-24(19)37-2)17-11-13-34-14-12-17;1-3-5-4-2;;;1-5-7(4)6(2)3/h2*3,8-15,20-21,33H,4-7,16H2,1-2H3;3-4H2,1-2H3;1H4;1H;5H,1-4H2. The number of methoxy groups -OCH3 is 2. The third-order valence-electron chi connectivity index (χ3n) is 15.4. The van der Waals surface area contributed by atoms with Crippen molar-refractivity contribution in [2.75, 3.05) is 41.5 Å². The van der Waals surface area contributed by atoms with Gasteiger partial charge in [-0.3, -0.25) is 19.6 Å². The number of rotatable bonds is 18. The third kappa shape index (κ3) is 20.1. The van der Waals surface area contributed by atoms with Gasteiger partial charge in [-0.25, -0.2) is 17.6 Å². The molecule has 4 heterocycles. The van der Waals surface area contributed by atoms with Crippen LogP contribution in [0.15, 0.2) is 110 Å². The number of hydrogen-bond acceptors (Lipinski definition) is 11. The molecule has 10 rings (SSSR count). The fourth-order valence-corrected chi connectivity index (χ4v) is 29.9. The number of benzene rings is 4. The van der Waals surface area contributed by atoms with E-state index in [1.54, 1.807) is 48.8 Å². The first-order valence-corrected chi connectivity index (χ1v) is 42.8. The van der Waals surface area contributed by atoms with E-state index in [1.807, 2.05) is 88.6 Å². The highest BCUT2D eigenvalue weighted by Gasteiger charge is 2.35. The zero-order chi connectivity index (χ0) is 63.6. The van der Waals surface area contributed by atoms with Gasteiger partial charge in [-0.1, -0.05) is 50.7 Å². The van der Waals surface area contributed by atoms with Crippen LogP contribution in [0.5, 0.6) is 11.5 Å². The summed E-state index contributed by atoms with van der Waals surface area (Å²) in [7, 11) is 19.5. The van der Waals surface area contributed by atoms with Gasteiger partial charge in [-0.05, 0) is 188 Å². The Kier molecular flexibility index (Phi) is 33.4. The number of fused-ring (bicyclic) bond motifs is 2. The van der Waals surface area contributed by atoms with Crippen LogP contribution in [0.4, 0.5) is 17.6 Å². The van der Waals surface area contributed by atoms with Crippen molar-refractivity contribution >= 4 is 148 Å². The molecular formula is C63H80Cl3F4N6O5P7S2. The number of carbonyl (C=O) groups is 2. The van der Waals surface area contributed by atoms with Gasteiger partial charge in [0.2, 0.25) is 0 Å². The minimum absolute atomic E-state index is 0. The number of halogens is 7. The summed E-state index contributed by atoms with van der Waals surface area (Å²) in [6.07, 6.45) is 13.8. The third-order valence-corrected chi connectivity index (χ3v) is 49.3. The van der Waals surface area contributed by atoms with Crippen LogP contribution in [0, 0.1) is 23.3 Å². The number of ether oxygens (including phenoxy) is 3. The zero-order valence-corrected chi connectivity index (χ0v) is 61.6. The first-order valence-electron chi connectivity index (χ1n) is 28.5. The Morgan fingerprint density at radius 2 is 0.956 bits per heavy atom. The van der Waals surface area contributed by atoms with Crippen LogP contribution in [0.1, 0.15) is 103 Å². The highest BCUT2D eigenvalue weighted by molar-refractivity contribution is 8.98. The molecule has 2 amide bonds. The Hall–Kier alpha value is -2.88. The predicted octanol–water partition coefficient (Wildman–Crippen LogP) is 19.9. The molecule has 11 nitrogen and oxygen atoms in total. The normalized spacial score (nSPS) is 16.5. The summed E-state index contributed by atoms with van der Waals surface area (Å²) < 4.78 is 74.5. The molecule has 2 aliphatic rings. The van der Waals surface area contributed by atoms with Crippen molar-refractivity contribution in [3.8, 4) is 33.8 Å². The number of carbonyl (C=O) groups excluding carboxylic acids is 2. The molecule has 0 spiro atoms. The number of aromatic nitrogens is 2. The van der Waals surface area contributed by atoms with Gasteiger partial charge in [0, 0.05) is 86.4 Å². The molecule has 6 unspecified atom stereocenters. The molecule has 8 aromatic rings. The quantitative estimate of drug-likeness (QED) is 0.0639. The van der Waals surface area contributed by atoms with Crippen LogP contribution in [0.25, 0.3) is 42.4 Å². The average molecular weight is 1460 g/mol. The summed E-state index contributed by atoms with van der Waals surface area (Å²) in [6, 6.07) is 24.3. The van der Waals surface area contributed by atoms with E-state index in [2.05, 4.69) is 56.3 Å². The van der Waals surface area contributed by atoms with E-state index in [-0.39, 0.29) is 111 Å². The summed E-state index contributed by atoms with van der Waals surface area (Å²) in [5.74, 6) is -1.84. The van der Waals surface area contributed by atoms with Crippen LogP contribution < -0.4 is 20.1 Å². The van der Waals surface area contributed by atoms with E-state index >= 15 is 0 Å². The van der Waals surface area contributed by atoms with Crippen LogP contribution in [-0.4, -0.2) is 97.3 Å². The van der Waals surface area contributed by atoms with E-state index in [1.165, 1.54) is 0 Å². The molecule has 0 aliphatic heterocycles. The molecule has 6 atom stereocenters. The molecule has 4 aromatic carbocycles. The number of nitrogens with one attached hydrogen (secondary N) is 2. The first kappa shape index (κ1) is 77.8. The summed E-state index contributed by atoms with van der Waals surface area (Å²) in [4.78, 5) is 40.3. The van der Waals surface area contributed by atoms with Crippen molar-refractivity contribution in [2.24, 2.45) is 0 Å². The van der Waals surface area contributed by atoms with Crippen LogP contribution in [0.3, 0.4) is 0 Å². The second kappa shape index (κ2) is 38.6. The van der Waals surface area contributed by atoms with Crippen molar-refractivity contribution < 1.29 is 41.4 Å². The van der Waals surface area contributed by atoms with E-state index in [9.17, 15) is 27.2 Å². The Labute approximate surface area is 564 Å². The van der Waals surface area contributed by atoms with Crippen molar-refractivity contribution in [1.29, 1.82) is 0 Å². The Morgan fingerprint density at radius 1 is 0.600 bits per heavy atom. The lowest BCUT2D eigenvalue weighted by Gasteiger charge is -2.37. The zero-order valence-electron chi connectivity index (χ0n) is 50.2. The van der Waals surface area contributed by atoms with Gasteiger partial charge in [-0.15, -0.1) is 70.8 Å². The monoisotopic (exact) mass is 1460 g/mol. The smallest absolute Gasteiger partial charge is 0.266 e. The average Bonchev–Trinajstić information content (AvgIpc) is 1.62. The van der Waals surface area contributed by atoms with E-state index < -0.39 is 23.3 Å². The number of pyridine rings is 2. The second-order valence-electron chi connectivity index (χ2n) is 20.6. The lowest BCUT2D eigenvalue weighted by Crippen LogP contribution is -2.44. The Balaban J connectivity index is 0.000000272. The fourth-order valence-electron chi connectivity index (χ4n) is 10.7. The molecule has 2 fully saturated rings. The van der Waals surface area contributed by atoms with Crippen LogP contribution >= 0.6 is 116 Å². The summed E-state index contributed by atoms with van der Waals surface area (Å²) in [6.45, 7) is 6.66. The lowest BCUT2D eigenvalue weighted by molar-refractivity contribution is 0.0598. The van der Waals surface area contributed by atoms with Gasteiger partial charge < -0.3 is 34.6 Å². The van der Waals surface area contributed by atoms with Crippen molar-refractivity contribution in [1.82, 2.24) is 30.4 Å². The molecule has 2 saturated carbocycles. The molecule has 90 heavy (non-hydrogen) atoms. The molecule has 27 heteroatoms. The molecule has 2 aliphatic carbocycles. The molecule has 0 radical (unpaired) electrons. The second-order valence-corrected chi connectivity index (χ2v) is 45.6. The van der Waals surface area contributed by atoms with Gasteiger partial charge in [0.1, 0.15) is 44.5 Å². The van der Waals surface area contributed by atoms with Crippen molar-refractivity contribution in [3.63, 3.8) is 0 Å². The van der Waals surface area contributed by atoms with Gasteiger partial charge >= 0.3 is 0 Å². The largest absolute Gasteiger partial charge is 0.496 e. The summed E-state index contributed by atoms with van der Waals surface area (Å²) in [5.41, 5.74) is 5.60. The first-order chi connectivity index (χ1) is 42.4.